The number of methoxy groups -OCH3 is 1. The molecule has 2 heterocycles. The summed E-state index contributed by atoms with van der Waals surface area (Å²) in [6.07, 6.45) is 3.49. The first kappa shape index (κ1) is 22.5. The third-order valence-corrected chi connectivity index (χ3v) is 6.70. The van der Waals surface area contributed by atoms with Crippen molar-refractivity contribution in [1.82, 2.24) is 10.2 Å². The summed E-state index contributed by atoms with van der Waals surface area (Å²) in [7, 11) is 1.67. The number of carbonyl (C=O) groups excluding carboxylic acids is 2. The van der Waals surface area contributed by atoms with E-state index in [1.807, 2.05) is 12.1 Å². The highest BCUT2D eigenvalue weighted by Gasteiger charge is 2.30. The van der Waals surface area contributed by atoms with Crippen molar-refractivity contribution >= 4 is 29.1 Å². The predicted molar refractivity (Wildman–Crippen MR) is 126 cm³/mol. The van der Waals surface area contributed by atoms with Gasteiger partial charge >= 0.3 is 0 Å². The Balaban J connectivity index is 1.27. The quantitative estimate of drug-likeness (QED) is 0.740. The second kappa shape index (κ2) is 10.3. The van der Waals surface area contributed by atoms with Crippen LogP contribution in [0.4, 0.5) is 5.69 Å². The highest BCUT2D eigenvalue weighted by atomic mass is 35.5. The van der Waals surface area contributed by atoms with E-state index >= 15 is 0 Å². The monoisotopic (exact) mass is 455 g/mol. The van der Waals surface area contributed by atoms with Gasteiger partial charge in [0.05, 0.1) is 13.0 Å². The molecule has 32 heavy (non-hydrogen) atoms. The summed E-state index contributed by atoms with van der Waals surface area (Å²) in [5.74, 6) is 0.736. The number of rotatable bonds is 5. The van der Waals surface area contributed by atoms with E-state index in [-0.39, 0.29) is 23.8 Å². The number of carbonyl (C=O) groups is 2. The van der Waals surface area contributed by atoms with Crippen molar-refractivity contribution in [2.75, 3.05) is 38.2 Å². The van der Waals surface area contributed by atoms with Crippen LogP contribution in [-0.2, 0) is 4.79 Å². The number of anilines is 1. The Bertz CT molecular complexity index is 924. The third-order valence-electron chi connectivity index (χ3n) is 6.45. The Kier molecular flexibility index (Phi) is 7.20. The van der Waals surface area contributed by atoms with Crippen LogP contribution in [0.15, 0.2) is 48.5 Å². The molecule has 2 fully saturated rings. The topological polar surface area (TPSA) is 61.9 Å². The minimum Gasteiger partial charge on any atom is -0.497 e. The molecule has 2 saturated heterocycles. The molecule has 2 amide bonds. The molecule has 0 spiro atoms. The van der Waals surface area contributed by atoms with E-state index in [1.165, 1.54) is 5.69 Å². The molecule has 2 aliphatic heterocycles. The summed E-state index contributed by atoms with van der Waals surface area (Å²) in [6, 6.07) is 15.2. The zero-order valence-electron chi connectivity index (χ0n) is 18.4. The van der Waals surface area contributed by atoms with Gasteiger partial charge in [0, 0.05) is 48.5 Å². The van der Waals surface area contributed by atoms with Gasteiger partial charge in [-0.3, -0.25) is 9.59 Å². The fraction of sp³-hybridized carbons (Fsp3) is 0.440. The standard InChI is InChI=1S/C25H30ClN3O3/c1-32-23-10-8-22(9-11-23)28-15-12-21(13-16-28)27-24(30)19-3-2-14-29(17-19)25(31)18-4-6-20(26)7-5-18/h4-11,19,21H,2-3,12-17H2,1H3,(H,27,30). The van der Waals surface area contributed by atoms with Crippen LogP contribution in [0.2, 0.25) is 5.02 Å². The van der Waals surface area contributed by atoms with E-state index in [9.17, 15) is 9.59 Å². The van der Waals surface area contributed by atoms with Crippen LogP contribution < -0.4 is 15.0 Å². The first-order chi connectivity index (χ1) is 15.5. The summed E-state index contributed by atoms with van der Waals surface area (Å²) < 4.78 is 5.23. The molecular formula is C25H30ClN3O3. The SMILES string of the molecule is COc1ccc(N2CCC(NC(=O)C3CCCN(C(=O)c4ccc(Cl)cc4)C3)CC2)cc1. The first-order valence-corrected chi connectivity index (χ1v) is 11.7. The Labute approximate surface area is 194 Å². The van der Waals surface area contributed by atoms with Gasteiger partial charge < -0.3 is 19.9 Å². The van der Waals surface area contributed by atoms with Crippen molar-refractivity contribution < 1.29 is 14.3 Å². The van der Waals surface area contributed by atoms with Crippen molar-refractivity contribution in [3.63, 3.8) is 0 Å². The molecule has 0 radical (unpaired) electrons. The van der Waals surface area contributed by atoms with E-state index in [2.05, 4.69) is 22.3 Å². The van der Waals surface area contributed by atoms with Crippen molar-refractivity contribution in [2.45, 2.75) is 31.7 Å². The summed E-state index contributed by atoms with van der Waals surface area (Å²) in [4.78, 5) is 29.9. The number of benzene rings is 2. The molecule has 2 aromatic carbocycles. The summed E-state index contributed by atoms with van der Waals surface area (Å²) in [5, 5.41) is 3.85. The molecule has 2 aliphatic rings. The molecule has 0 aromatic heterocycles. The number of likely N-dealkylation sites (tertiary alicyclic amines) is 1. The molecule has 6 nitrogen and oxygen atoms in total. The predicted octanol–water partition coefficient (Wildman–Crippen LogP) is 3.99. The summed E-state index contributed by atoms with van der Waals surface area (Å²) in [6.45, 7) is 2.97. The highest BCUT2D eigenvalue weighted by Crippen LogP contribution is 2.24. The molecule has 1 unspecified atom stereocenters. The number of piperidine rings is 2. The number of halogens is 1. The van der Waals surface area contributed by atoms with Gasteiger partial charge in [-0.05, 0) is 74.2 Å². The molecular weight excluding hydrogens is 426 g/mol. The maximum absolute atomic E-state index is 12.9. The Morgan fingerprint density at radius 1 is 0.969 bits per heavy atom. The lowest BCUT2D eigenvalue weighted by atomic mass is 9.95. The van der Waals surface area contributed by atoms with Gasteiger partial charge in [-0.25, -0.2) is 0 Å². The lowest BCUT2D eigenvalue weighted by Crippen LogP contribution is -2.50. The van der Waals surface area contributed by atoms with Crippen molar-refractivity contribution in [2.24, 2.45) is 5.92 Å². The second-order valence-electron chi connectivity index (χ2n) is 8.57. The Morgan fingerprint density at radius 2 is 1.66 bits per heavy atom. The van der Waals surface area contributed by atoms with Crippen molar-refractivity contribution in [3.8, 4) is 5.75 Å². The first-order valence-electron chi connectivity index (χ1n) is 11.3. The lowest BCUT2D eigenvalue weighted by Gasteiger charge is -2.36. The van der Waals surface area contributed by atoms with Gasteiger partial charge in [-0.1, -0.05) is 11.6 Å². The van der Waals surface area contributed by atoms with Crippen LogP contribution >= 0.6 is 11.6 Å². The molecule has 1 N–H and O–H groups in total. The van der Waals surface area contributed by atoms with Gasteiger partial charge in [0.25, 0.3) is 5.91 Å². The van der Waals surface area contributed by atoms with Crippen LogP contribution in [0.1, 0.15) is 36.0 Å². The van der Waals surface area contributed by atoms with Crippen molar-refractivity contribution in [1.29, 1.82) is 0 Å². The maximum atomic E-state index is 12.9. The molecule has 0 saturated carbocycles. The van der Waals surface area contributed by atoms with Crippen LogP contribution in [0.3, 0.4) is 0 Å². The Hall–Kier alpha value is -2.73. The summed E-state index contributed by atoms with van der Waals surface area (Å²) >= 11 is 5.93. The second-order valence-corrected chi connectivity index (χ2v) is 9.00. The average molecular weight is 456 g/mol. The number of hydrogen-bond acceptors (Lipinski definition) is 4. The molecule has 7 heteroatoms. The van der Waals surface area contributed by atoms with Crippen LogP contribution in [0, 0.1) is 5.92 Å². The van der Waals surface area contributed by atoms with E-state index in [4.69, 9.17) is 16.3 Å². The minimum atomic E-state index is -0.153. The van der Waals surface area contributed by atoms with Gasteiger partial charge in [0.1, 0.15) is 5.75 Å². The molecule has 0 bridgehead atoms. The highest BCUT2D eigenvalue weighted by molar-refractivity contribution is 6.30. The van der Waals surface area contributed by atoms with Gasteiger partial charge in [-0.2, -0.15) is 0 Å². The van der Waals surface area contributed by atoms with Gasteiger partial charge in [0.2, 0.25) is 5.91 Å². The van der Waals surface area contributed by atoms with E-state index in [1.54, 1.807) is 36.3 Å². The van der Waals surface area contributed by atoms with E-state index in [0.717, 1.165) is 44.5 Å². The normalized spacial score (nSPS) is 19.5. The molecule has 170 valence electrons. The average Bonchev–Trinajstić information content (AvgIpc) is 2.85. The number of hydrogen-bond donors (Lipinski definition) is 1. The number of ether oxygens (including phenoxy) is 1. The van der Waals surface area contributed by atoms with Gasteiger partial charge in [-0.15, -0.1) is 0 Å². The number of amides is 2. The lowest BCUT2D eigenvalue weighted by molar-refractivity contribution is -0.127. The van der Waals surface area contributed by atoms with Crippen LogP contribution in [-0.4, -0.2) is 56.0 Å². The number of nitrogens with one attached hydrogen (secondary N) is 1. The third kappa shape index (κ3) is 5.36. The summed E-state index contributed by atoms with van der Waals surface area (Å²) in [5.41, 5.74) is 1.79. The number of nitrogens with zero attached hydrogens (tertiary/aromatic N) is 2. The molecule has 4 rings (SSSR count). The fourth-order valence-corrected chi connectivity index (χ4v) is 4.67. The fourth-order valence-electron chi connectivity index (χ4n) is 4.54. The molecule has 1 atom stereocenters. The zero-order valence-corrected chi connectivity index (χ0v) is 19.2. The molecule has 2 aromatic rings. The molecule has 0 aliphatic carbocycles. The van der Waals surface area contributed by atoms with E-state index in [0.29, 0.717) is 23.7 Å². The van der Waals surface area contributed by atoms with E-state index < -0.39 is 0 Å². The maximum Gasteiger partial charge on any atom is 0.253 e. The zero-order chi connectivity index (χ0) is 22.5. The smallest absolute Gasteiger partial charge is 0.253 e. The minimum absolute atomic E-state index is 0.0352. The van der Waals surface area contributed by atoms with Gasteiger partial charge in [0.15, 0.2) is 0 Å². The Morgan fingerprint density at radius 3 is 2.31 bits per heavy atom. The largest absolute Gasteiger partial charge is 0.497 e. The van der Waals surface area contributed by atoms with Crippen LogP contribution in [0.25, 0.3) is 0 Å². The van der Waals surface area contributed by atoms with Crippen LogP contribution in [0.5, 0.6) is 5.75 Å². The van der Waals surface area contributed by atoms with Crippen molar-refractivity contribution in [3.05, 3.63) is 59.1 Å².